The summed E-state index contributed by atoms with van der Waals surface area (Å²) in [4.78, 5) is 28.9. The van der Waals surface area contributed by atoms with Gasteiger partial charge in [0.15, 0.2) is 4.34 Å². The van der Waals surface area contributed by atoms with E-state index in [0.717, 1.165) is 21.6 Å². The normalized spacial score (nSPS) is 16.1. The lowest BCUT2D eigenvalue weighted by Gasteiger charge is -2.20. The number of halogens is 1. The molecule has 0 saturated carbocycles. The van der Waals surface area contributed by atoms with Gasteiger partial charge in [0.25, 0.3) is 5.78 Å². The lowest BCUT2D eigenvalue weighted by atomic mass is 10.00. The van der Waals surface area contributed by atoms with Gasteiger partial charge in [-0.3, -0.25) is 14.5 Å². The molecule has 0 bridgehead atoms. The van der Waals surface area contributed by atoms with Crippen LogP contribution in [0.15, 0.2) is 100 Å². The fourth-order valence-electron chi connectivity index (χ4n) is 4.69. The molecule has 0 aliphatic carbocycles. The fraction of sp³-hybridized carbons (Fsp3) is 0.125. The molecule has 1 aliphatic rings. The van der Waals surface area contributed by atoms with E-state index in [1.165, 1.54) is 39.3 Å². The Balaban J connectivity index is 1.26. The van der Waals surface area contributed by atoms with Crippen LogP contribution in [0.1, 0.15) is 33.2 Å². The first-order valence-electron chi connectivity index (χ1n) is 13.2. The van der Waals surface area contributed by atoms with Crippen LogP contribution in [0.2, 0.25) is 5.02 Å². The molecule has 1 fully saturated rings. The molecule has 1 aliphatic heterocycles. The van der Waals surface area contributed by atoms with Crippen LogP contribution in [-0.2, 0) is 21.9 Å². The number of Topliss-reactive ketones (excluding diaryl/α,β-unsaturated/α-hetero) is 1. The van der Waals surface area contributed by atoms with Gasteiger partial charge in [0, 0.05) is 21.2 Å². The number of thiophene rings is 1. The van der Waals surface area contributed by atoms with E-state index in [2.05, 4.69) is 16.3 Å². The average molecular weight is 646 g/mol. The van der Waals surface area contributed by atoms with Crippen LogP contribution in [0, 0.1) is 6.92 Å². The van der Waals surface area contributed by atoms with Gasteiger partial charge in [-0.15, -0.1) is 21.5 Å². The van der Waals surface area contributed by atoms with E-state index in [1.807, 2.05) is 66.9 Å². The maximum absolute atomic E-state index is 13.4. The highest BCUT2D eigenvalue weighted by molar-refractivity contribution is 8.00. The summed E-state index contributed by atoms with van der Waals surface area (Å²) in [6, 6.07) is 25.3. The number of aliphatic hydroxyl groups is 1. The van der Waals surface area contributed by atoms with Crippen LogP contribution >= 0.6 is 46.0 Å². The van der Waals surface area contributed by atoms with Gasteiger partial charge in [-0.05, 0) is 59.8 Å². The number of aliphatic hydroxyl groups excluding tert-OH is 1. The predicted molar refractivity (Wildman–Crippen MR) is 172 cm³/mol. The van der Waals surface area contributed by atoms with Gasteiger partial charge in [0.1, 0.15) is 24.2 Å². The number of aryl methyl sites for hydroxylation is 1. The number of carbonyl (C=O) groups is 2. The van der Waals surface area contributed by atoms with Crippen molar-refractivity contribution in [2.75, 3.05) is 4.90 Å². The third-order valence-corrected chi connectivity index (χ3v) is 10.2. The number of ketones is 1. The van der Waals surface area contributed by atoms with Gasteiger partial charge in [-0.25, -0.2) is 0 Å². The average Bonchev–Trinajstić information content (AvgIpc) is 3.76. The van der Waals surface area contributed by atoms with E-state index < -0.39 is 17.7 Å². The van der Waals surface area contributed by atoms with E-state index in [9.17, 15) is 14.7 Å². The molecule has 5 aromatic rings. The molecule has 1 atom stereocenters. The van der Waals surface area contributed by atoms with E-state index in [-0.39, 0.29) is 16.5 Å². The van der Waals surface area contributed by atoms with Crippen molar-refractivity contribution in [3.05, 3.63) is 128 Å². The highest BCUT2D eigenvalue weighted by atomic mass is 35.5. The summed E-state index contributed by atoms with van der Waals surface area (Å²) in [7, 11) is 0. The minimum atomic E-state index is -0.841. The number of carbonyl (C=O) groups excluding carboxylic acids is 2. The zero-order chi connectivity index (χ0) is 29.9. The largest absolute Gasteiger partial charge is 0.507 e. The van der Waals surface area contributed by atoms with Gasteiger partial charge in [-0.2, -0.15) is 0 Å². The zero-order valence-electron chi connectivity index (χ0n) is 22.8. The highest BCUT2D eigenvalue weighted by Crippen LogP contribution is 2.45. The van der Waals surface area contributed by atoms with Crippen LogP contribution < -0.4 is 9.64 Å². The quantitative estimate of drug-likeness (QED) is 0.0570. The molecule has 3 aromatic carbocycles. The second-order valence-corrected chi connectivity index (χ2v) is 13.3. The van der Waals surface area contributed by atoms with Crippen molar-refractivity contribution < 1.29 is 19.4 Å². The molecule has 3 heterocycles. The van der Waals surface area contributed by atoms with Crippen molar-refractivity contribution in [1.82, 2.24) is 10.2 Å². The summed E-state index contributed by atoms with van der Waals surface area (Å²) in [5, 5.41) is 22.7. The second-order valence-electron chi connectivity index (χ2n) is 9.72. The van der Waals surface area contributed by atoms with Crippen LogP contribution in [0.5, 0.6) is 5.75 Å². The Bertz CT molecular complexity index is 1820. The third kappa shape index (κ3) is 6.23. The van der Waals surface area contributed by atoms with Crippen LogP contribution in [0.4, 0.5) is 5.13 Å². The summed E-state index contributed by atoms with van der Waals surface area (Å²) in [6.07, 6.45) is 0. The Morgan fingerprint density at radius 3 is 2.58 bits per heavy atom. The topological polar surface area (TPSA) is 92.6 Å². The minimum Gasteiger partial charge on any atom is -0.507 e. The summed E-state index contributed by atoms with van der Waals surface area (Å²) in [6.45, 7) is 2.43. The first-order chi connectivity index (χ1) is 20.9. The van der Waals surface area contributed by atoms with Crippen molar-refractivity contribution in [1.29, 1.82) is 0 Å². The van der Waals surface area contributed by atoms with Crippen molar-refractivity contribution in [2.24, 2.45) is 0 Å². The smallest absolute Gasteiger partial charge is 0.301 e. The number of amides is 1. The van der Waals surface area contributed by atoms with Crippen LogP contribution in [-0.4, -0.2) is 27.0 Å². The highest BCUT2D eigenvalue weighted by Gasteiger charge is 2.48. The molecule has 0 spiro atoms. The van der Waals surface area contributed by atoms with Gasteiger partial charge >= 0.3 is 5.91 Å². The maximum atomic E-state index is 13.4. The van der Waals surface area contributed by atoms with E-state index in [4.69, 9.17) is 16.3 Å². The molecular formula is C32H24ClN3O4S3. The van der Waals surface area contributed by atoms with Gasteiger partial charge < -0.3 is 9.84 Å². The fourth-order valence-corrected chi connectivity index (χ4v) is 7.67. The van der Waals surface area contributed by atoms with Crippen molar-refractivity contribution in [3.8, 4) is 5.75 Å². The molecular weight excluding hydrogens is 622 g/mol. The lowest BCUT2D eigenvalue weighted by Crippen LogP contribution is -2.29. The summed E-state index contributed by atoms with van der Waals surface area (Å²) in [5.74, 6) is -0.620. The summed E-state index contributed by atoms with van der Waals surface area (Å²) < 4.78 is 6.54. The van der Waals surface area contributed by atoms with Gasteiger partial charge in [-0.1, -0.05) is 88.8 Å². The molecule has 1 amide bonds. The van der Waals surface area contributed by atoms with Crippen molar-refractivity contribution >= 4 is 68.6 Å². The van der Waals surface area contributed by atoms with Crippen molar-refractivity contribution in [2.45, 2.75) is 29.7 Å². The number of ether oxygens (including phenoxy) is 1. The molecule has 1 saturated heterocycles. The van der Waals surface area contributed by atoms with Crippen molar-refractivity contribution in [3.63, 3.8) is 0 Å². The molecule has 7 nitrogen and oxygen atoms in total. The number of anilines is 1. The van der Waals surface area contributed by atoms with Crippen LogP contribution in [0.3, 0.4) is 0 Å². The molecule has 43 heavy (non-hydrogen) atoms. The standard InChI is InChI=1S/C32H24ClN3O4S3/c1-19-6-4-7-20(16-19)17-40-23-13-11-21(12-14-23)28(37)26-27(25-10-5-15-41-25)36(30(39)29(26)38)31-34-35-32(43-31)42-18-22-8-2-3-9-24(22)33/h2-16,27,37H,17-18H2,1H3. The van der Waals surface area contributed by atoms with Gasteiger partial charge in [0.2, 0.25) is 5.13 Å². The third-order valence-electron chi connectivity index (χ3n) is 6.78. The molecule has 2 aromatic heterocycles. The number of nitrogens with zero attached hydrogens (tertiary/aromatic N) is 3. The van der Waals surface area contributed by atoms with E-state index >= 15 is 0 Å². The second kappa shape index (κ2) is 12.7. The molecule has 6 rings (SSSR count). The number of benzene rings is 3. The zero-order valence-corrected chi connectivity index (χ0v) is 26.0. The molecule has 216 valence electrons. The molecule has 1 unspecified atom stereocenters. The Labute approximate surface area is 265 Å². The molecule has 11 heteroatoms. The van der Waals surface area contributed by atoms with Gasteiger partial charge in [0.05, 0.1) is 5.57 Å². The first kappa shape index (κ1) is 29.1. The van der Waals surface area contributed by atoms with E-state index in [0.29, 0.717) is 33.0 Å². The first-order valence-corrected chi connectivity index (χ1v) is 16.3. The SMILES string of the molecule is Cc1cccc(COc2ccc(C(O)=C3C(=O)C(=O)N(c4nnc(SCc5ccccc5Cl)s4)C3c3cccs3)cc2)c1. The number of rotatable bonds is 9. The predicted octanol–water partition coefficient (Wildman–Crippen LogP) is 8.06. The molecule has 1 N–H and O–H groups in total. The Morgan fingerprint density at radius 1 is 1.02 bits per heavy atom. The monoisotopic (exact) mass is 645 g/mol. The summed E-state index contributed by atoms with van der Waals surface area (Å²) in [5.41, 5.74) is 3.55. The lowest BCUT2D eigenvalue weighted by molar-refractivity contribution is -0.132. The number of thioether (sulfide) groups is 1. The Kier molecular flexibility index (Phi) is 8.62. The number of hydrogen-bond donors (Lipinski definition) is 1. The van der Waals surface area contributed by atoms with Crippen LogP contribution in [0.25, 0.3) is 5.76 Å². The number of aromatic nitrogens is 2. The minimum absolute atomic E-state index is 0.00125. The summed E-state index contributed by atoms with van der Waals surface area (Å²) >= 11 is 10.3. The Morgan fingerprint density at radius 2 is 1.84 bits per heavy atom. The number of hydrogen-bond acceptors (Lipinski definition) is 9. The Hall–Kier alpha value is -3.96. The maximum Gasteiger partial charge on any atom is 0.301 e. The molecule has 0 radical (unpaired) electrons. The van der Waals surface area contributed by atoms with E-state index in [1.54, 1.807) is 24.3 Å².